The van der Waals surface area contributed by atoms with Crippen LogP contribution in [0.2, 0.25) is 0 Å². The Kier molecular flexibility index (Phi) is 3.58. The minimum absolute atomic E-state index is 0.0839. The van der Waals surface area contributed by atoms with Crippen molar-refractivity contribution >= 4 is 22.5 Å². The number of aromatic amines is 1. The van der Waals surface area contributed by atoms with Gasteiger partial charge in [0.15, 0.2) is 0 Å². The quantitative estimate of drug-likeness (QED) is 0.760. The van der Waals surface area contributed by atoms with Crippen LogP contribution in [0, 0.1) is 17.5 Å². The van der Waals surface area contributed by atoms with E-state index in [2.05, 4.69) is 10.3 Å². The third kappa shape index (κ3) is 2.67. The predicted molar refractivity (Wildman–Crippen MR) is 76.9 cm³/mol. The summed E-state index contributed by atoms with van der Waals surface area (Å²) in [5.41, 5.74) is 0.697. The Labute approximate surface area is 123 Å². The predicted octanol–water partition coefficient (Wildman–Crippen LogP) is 3.77. The Balaban J connectivity index is 1.82. The lowest BCUT2D eigenvalue weighted by Crippen LogP contribution is -2.16. The summed E-state index contributed by atoms with van der Waals surface area (Å²) in [5, 5.41) is 2.90. The molecule has 0 aliphatic carbocycles. The van der Waals surface area contributed by atoms with Crippen molar-refractivity contribution in [2.45, 2.75) is 6.42 Å². The Bertz CT molecular complexity index is 837. The van der Waals surface area contributed by atoms with Crippen molar-refractivity contribution in [1.82, 2.24) is 4.98 Å². The molecule has 1 heterocycles. The summed E-state index contributed by atoms with van der Waals surface area (Å²) in [6.07, 6.45) is 1.49. The van der Waals surface area contributed by atoms with Gasteiger partial charge in [0.2, 0.25) is 5.91 Å². The summed E-state index contributed by atoms with van der Waals surface area (Å²) in [5.74, 6) is -2.63. The number of carbonyl (C=O) groups is 1. The van der Waals surface area contributed by atoms with E-state index >= 15 is 0 Å². The number of anilines is 1. The Morgan fingerprint density at radius 2 is 1.82 bits per heavy atom. The highest BCUT2D eigenvalue weighted by Gasteiger charge is 2.14. The first kappa shape index (κ1) is 14.2. The number of para-hydroxylation sites is 1. The van der Waals surface area contributed by atoms with E-state index in [-0.39, 0.29) is 6.42 Å². The summed E-state index contributed by atoms with van der Waals surface area (Å²) in [6.45, 7) is 0. The first-order valence-corrected chi connectivity index (χ1v) is 6.54. The van der Waals surface area contributed by atoms with Crippen molar-refractivity contribution < 1.29 is 18.0 Å². The van der Waals surface area contributed by atoms with Crippen LogP contribution in [0.25, 0.3) is 10.9 Å². The highest BCUT2D eigenvalue weighted by Crippen LogP contribution is 2.21. The minimum Gasteiger partial charge on any atom is -0.361 e. The van der Waals surface area contributed by atoms with E-state index in [4.69, 9.17) is 0 Å². The molecule has 0 fully saturated rings. The molecule has 0 radical (unpaired) electrons. The molecule has 0 bridgehead atoms. The molecule has 0 atom stereocenters. The molecule has 3 nitrogen and oxygen atoms in total. The lowest BCUT2D eigenvalue weighted by Gasteiger charge is -2.07. The van der Waals surface area contributed by atoms with Crippen molar-refractivity contribution in [3.63, 3.8) is 0 Å². The molecule has 0 spiro atoms. The number of aromatic nitrogens is 1. The second-order valence-electron chi connectivity index (χ2n) is 4.83. The lowest BCUT2D eigenvalue weighted by atomic mass is 10.1. The number of H-pyrrole nitrogens is 1. The number of rotatable bonds is 3. The first-order chi connectivity index (χ1) is 10.5. The summed E-state index contributed by atoms with van der Waals surface area (Å²) in [7, 11) is 0. The average Bonchev–Trinajstić information content (AvgIpc) is 2.85. The molecule has 3 aromatic rings. The highest BCUT2D eigenvalue weighted by molar-refractivity contribution is 5.95. The van der Waals surface area contributed by atoms with Gasteiger partial charge in [0.05, 0.1) is 6.42 Å². The zero-order valence-corrected chi connectivity index (χ0v) is 11.3. The average molecular weight is 304 g/mol. The largest absolute Gasteiger partial charge is 0.361 e. The lowest BCUT2D eigenvalue weighted by molar-refractivity contribution is -0.115. The molecule has 2 aromatic carbocycles. The van der Waals surface area contributed by atoms with Crippen molar-refractivity contribution in [2.24, 2.45) is 0 Å². The van der Waals surface area contributed by atoms with Crippen LogP contribution in [-0.4, -0.2) is 10.9 Å². The fourth-order valence-corrected chi connectivity index (χ4v) is 2.28. The van der Waals surface area contributed by atoms with Gasteiger partial charge in [-0.25, -0.2) is 13.2 Å². The molecule has 0 saturated heterocycles. The fraction of sp³-hybridized carbons (Fsp3) is 0.0625. The molecule has 3 rings (SSSR count). The standard InChI is InChI=1S/C16H11F3N2O/c17-10-4-5-11-9(8-20-14(11)7-10)6-15(22)21-16-12(18)2-1-3-13(16)19/h1-5,7-8,20H,6H2,(H,21,22). The van der Waals surface area contributed by atoms with E-state index in [1.165, 1.54) is 18.2 Å². The number of benzene rings is 2. The normalized spacial score (nSPS) is 10.9. The van der Waals surface area contributed by atoms with Crippen LogP contribution in [0.5, 0.6) is 0 Å². The smallest absolute Gasteiger partial charge is 0.229 e. The van der Waals surface area contributed by atoms with Crippen LogP contribution in [0.4, 0.5) is 18.9 Å². The molecule has 1 amide bonds. The molecule has 0 unspecified atom stereocenters. The van der Waals surface area contributed by atoms with Crippen molar-refractivity contribution in [1.29, 1.82) is 0 Å². The van der Waals surface area contributed by atoms with E-state index in [1.54, 1.807) is 12.3 Å². The summed E-state index contributed by atoms with van der Waals surface area (Å²) < 4.78 is 40.1. The number of nitrogens with one attached hydrogen (secondary N) is 2. The number of hydrogen-bond acceptors (Lipinski definition) is 1. The molecule has 0 aliphatic heterocycles. The van der Waals surface area contributed by atoms with Gasteiger partial charge in [-0.15, -0.1) is 0 Å². The van der Waals surface area contributed by atoms with Crippen LogP contribution in [0.1, 0.15) is 5.56 Å². The van der Waals surface area contributed by atoms with Gasteiger partial charge in [-0.2, -0.15) is 0 Å². The molecule has 0 saturated carbocycles. The van der Waals surface area contributed by atoms with Gasteiger partial charge < -0.3 is 10.3 Å². The van der Waals surface area contributed by atoms with Crippen molar-refractivity contribution in [2.75, 3.05) is 5.32 Å². The molecule has 22 heavy (non-hydrogen) atoms. The van der Waals surface area contributed by atoms with E-state index in [0.717, 1.165) is 12.1 Å². The second-order valence-corrected chi connectivity index (χ2v) is 4.83. The summed E-state index contributed by atoms with van der Waals surface area (Å²) in [4.78, 5) is 14.8. The summed E-state index contributed by atoms with van der Waals surface area (Å²) in [6, 6.07) is 7.49. The monoisotopic (exact) mass is 304 g/mol. The maximum absolute atomic E-state index is 13.5. The number of halogens is 3. The van der Waals surface area contributed by atoms with E-state index in [1.807, 2.05) is 0 Å². The van der Waals surface area contributed by atoms with Crippen LogP contribution >= 0.6 is 0 Å². The van der Waals surface area contributed by atoms with Gasteiger partial charge in [0, 0.05) is 17.1 Å². The van der Waals surface area contributed by atoms with Crippen LogP contribution in [-0.2, 0) is 11.2 Å². The SMILES string of the molecule is O=C(Cc1c[nH]c2cc(F)ccc12)Nc1c(F)cccc1F. The van der Waals surface area contributed by atoms with Gasteiger partial charge >= 0.3 is 0 Å². The number of hydrogen-bond donors (Lipinski definition) is 2. The molecule has 1 aromatic heterocycles. The van der Waals surface area contributed by atoms with Crippen LogP contribution < -0.4 is 5.32 Å². The van der Waals surface area contributed by atoms with Crippen molar-refractivity contribution in [3.05, 3.63) is 65.6 Å². The third-order valence-corrected chi connectivity index (χ3v) is 3.31. The number of fused-ring (bicyclic) bond motifs is 1. The van der Waals surface area contributed by atoms with Gasteiger partial charge in [-0.1, -0.05) is 6.07 Å². The van der Waals surface area contributed by atoms with Gasteiger partial charge in [0.25, 0.3) is 0 Å². The molecule has 0 aliphatic rings. The van der Waals surface area contributed by atoms with Gasteiger partial charge in [0.1, 0.15) is 23.1 Å². The minimum atomic E-state index is -0.839. The van der Waals surface area contributed by atoms with Crippen LogP contribution in [0.15, 0.2) is 42.6 Å². The van der Waals surface area contributed by atoms with E-state index in [0.29, 0.717) is 16.5 Å². The van der Waals surface area contributed by atoms with Gasteiger partial charge in [-0.3, -0.25) is 4.79 Å². The fourth-order valence-electron chi connectivity index (χ4n) is 2.28. The molecule has 6 heteroatoms. The second kappa shape index (κ2) is 5.55. The maximum Gasteiger partial charge on any atom is 0.229 e. The highest BCUT2D eigenvalue weighted by atomic mass is 19.1. The number of carbonyl (C=O) groups excluding carboxylic acids is 1. The van der Waals surface area contributed by atoms with E-state index in [9.17, 15) is 18.0 Å². The Hall–Kier alpha value is -2.76. The zero-order chi connectivity index (χ0) is 15.7. The Morgan fingerprint density at radius 1 is 1.09 bits per heavy atom. The maximum atomic E-state index is 13.5. The van der Waals surface area contributed by atoms with Crippen molar-refractivity contribution in [3.8, 4) is 0 Å². The topological polar surface area (TPSA) is 44.9 Å². The van der Waals surface area contributed by atoms with E-state index < -0.39 is 29.0 Å². The molecular formula is C16H11F3N2O. The molecular weight excluding hydrogens is 293 g/mol. The molecule has 2 N–H and O–H groups in total. The first-order valence-electron chi connectivity index (χ1n) is 6.54. The Morgan fingerprint density at radius 3 is 2.55 bits per heavy atom. The van der Waals surface area contributed by atoms with Gasteiger partial charge in [-0.05, 0) is 35.9 Å². The molecule has 112 valence electrons. The summed E-state index contributed by atoms with van der Waals surface area (Å²) >= 11 is 0. The zero-order valence-electron chi connectivity index (χ0n) is 11.3. The van der Waals surface area contributed by atoms with Crippen LogP contribution in [0.3, 0.4) is 0 Å². The number of amides is 1. The third-order valence-electron chi connectivity index (χ3n) is 3.31.